The fourth-order valence-electron chi connectivity index (χ4n) is 0.676. The number of rotatable bonds is 3. The van der Waals surface area contributed by atoms with Gasteiger partial charge in [-0.05, 0) is 18.4 Å². The molecule has 1 heterocycles. The van der Waals surface area contributed by atoms with Gasteiger partial charge in [-0.15, -0.1) is 23.1 Å². The van der Waals surface area contributed by atoms with Crippen molar-refractivity contribution in [1.82, 2.24) is 5.43 Å². The van der Waals surface area contributed by atoms with Gasteiger partial charge in [-0.3, -0.25) is 10.2 Å². The van der Waals surface area contributed by atoms with Crippen LogP contribution in [0.25, 0.3) is 0 Å². The molecule has 3 N–H and O–H groups in total. The molecule has 1 aromatic rings. The number of hydrazine groups is 1. The minimum atomic E-state index is -0.145. The molecule has 0 bridgehead atoms. The smallest absolute Gasteiger partial charge is 0.247 e. The number of carbonyl (C=O) groups is 1. The Balaban J connectivity index is 2.47. The van der Waals surface area contributed by atoms with Crippen molar-refractivity contribution in [3.8, 4) is 0 Å². The molecule has 5 heteroatoms. The van der Waals surface area contributed by atoms with Gasteiger partial charge in [-0.25, -0.2) is 5.84 Å². The molecule has 0 aliphatic rings. The molecule has 0 fully saturated rings. The zero-order valence-electron chi connectivity index (χ0n) is 6.61. The van der Waals surface area contributed by atoms with E-state index in [0.29, 0.717) is 0 Å². The van der Waals surface area contributed by atoms with Gasteiger partial charge in [0.15, 0.2) is 0 Å². The first-order valence-electron chi connectivity index (χ1n) is 3.44. The van der Waals surface area contributed by atoms with Crippen molar-refractivity contribution in [2.45, 2.75) is 16.4 Å². The van der Waals surface area contributed by atoms with Crippen molar-refractivity contribution in [2.24, 2.45) is 5.84 Å². The zero-order valence-corrected chi connectivity index (χ0v) is 8.24. The lowest BCUT2D eigenvalue weighted by molar-refractivity contribution is -0.120. The van der Waals surface area contributed by atoms with Gasteiger partial charge < -0.3 is 0 Å². The number of amides is 1. The fraction of sp³-hybridized carbons (Fsp3) is 0.286. The van der Waals surface area contributed by atoms with Crippen molar-refractivity contribution in [1.29, 1.82) is 0 Å². The molecule has 0 aliphatic carbocycles. The molecule has 1 atom stereocenters. The first-order valence-corrected chi connectivity index (χ1v) is 5.20. The van der Waals surface area contributed by atoms with E-state index in [0.717, 1.165) is 4.21 Å². The van der Waals surface area contributed by atoms with Crippen LogP contribution in [0.4, 0.5) is 0 Å². The maximum absolute atomic E-state index is 11.0. The predicted molar refractivity (Wildman–Crippen MR) is 52.0 cm³/mol. The Morgan fingerprint density at radius 1 is 1.83 bits per heavy atom. The zero-order chi connectivity index (χ0) is 8.97. The first kappa shape index (κ1) is 9.57. The van der Waals surface area contributed by atoms with E-state index < -0.39 is 0 Å². The summed E-state index contributed by atoms with van der Waals surface area (Å²) in [5.41, 5.74) is 2.12. The monoisotopic (exact) mass is 202 g/mol. The molecule has 0 aliphatic heterocycles. The lowest BCUT2D eigenvalue weighted by atomic mass is 10.5. The number of hydrogen-bond acceptors (Lipinski definition) is 4. The highest BCUT2D eigenvalue weighted by atomic mass is 32.2. The van der Waals surface area contributed by atoms with Crippen LogP contribution < -0.4 is 11.3 Å². The Hall–Kier alpha value is -0.520. The molecule has 1 amide bonds. The molecular weight excluding hydrogens is 192 g/mol. The van der Waals surface area contributed by atoms with E-state index in [1.54, 1.807) is 11.3 Å². The fourth-order valence-corrected chi connectivity index (χ4v) is 2.63. The van der Waals surface area contributed by atoms with Gasteiger partial charge >= 0.3 is 0 Å². The van der Waals surface area contributed by atoms with E-state index in [2.05, 4.69) is 5.43 Å². The van der Waals surface area contributed by atoms with Crippen molar-refractivity contribution in [2.75, 3.05) is 0 Å². The van der Waals surface area contributed by atoms with Gasteiger partial charge in [0.1, 0.15) is 0 Å². The van der Waals surface area contributed by atoms with E-state index in [1.165, 1.54) is 11.8 Å². The molecule has 0 radical (unpaired) electrons. The lowest BCUT2D eigenvalue weighted by Gasteiger charge is -2.06. The molecule has 1 rings (SSSR count). The summed E-state index contributed by atoms with van der Waals surface area (Å²) in [6, 6.07) is 3.94. The Bertz CT molecular complexity index is 248. The molecule has 66 valence electrons. The third kappa shape index (κ3) is 2.51. The highest BCUT2D eigenvalue weighted by Crippen LogP contribution is 2.27. The molecular formula is C7H10N2OS2. The van der Waals surface area contributed by atoms with Crippen LogP contribution in [0, 0.1) is 0 Å². The number of nitrogens with two attached hydrogens (primary N) is 1. The Kier molecular flexibility index (Phi) is 3.58. The average Bonchev–Trinajstić information content (AvgIpc) is 2.55. The van der Waals surface area contributed by atoms with Gasteiger partial charge in [0, 0.05) is 0 Å². The maximum atomic E-state index is 11.0. The summed E-state index contributed by atoms with van der Waals surface area (Å²) >= 11 is 3.13. The van der Waals surface area contributed by atoms with Crippen molar-refractivity contribution >= 4 is 29.0 Å². The Morgan fingerprint density at radius 2 is 2.58 bits per heavy atom. The normalized spacial score (nSPS) is 12.5. The van der Waals surface area contributed by atoms with E-state index in [-0.39, 0.29) is 11.2 Å². The van der Waals surface area contributed by atoms with E-state index in [1.807, 2.05) is 24.4 Å². The number of thiophene rings is 1. The van der Waals surface area contributed by atoms with Crippen LogP contribution in [0.3, 0.4) is 0 Å². The summed E-state index contributed by atoms with van der Waals surface area (Å²) in [6.07, 6.45) is 0. The quantitative estimate of drug-likeness (QED) is 0.335. The second-order valence-electron chi connectivity index (χ2n) is 2.20. The second kappa shape index (κ2) is 4.49. The standard InChI is InChI=1S/C7H10N2OS2/c1-5(7(10)9-8)12-6-3-2-4-11-6/h2-5H,8H2,1H3,(H,9,10). The van der Waals surface area contributed by atoms with Crippen molar-refractivity contribution in [3.05, 3.63) is 17.5 Å². The SMILES string of the molecule is CC(Sc1cccs1)C(=O)NN. The van der Waals surface area contributed by atoms with E-state index in [4.69, 9.17) is 5.84 Å². The Morgan fingerprint density at radius 3 is 3.08 bits per heavy atom. The molecule has 0 aromatic carbocycles. The first-order chi connectivity index (χ1) is 5.74. The minimum Gasteiger partial charge on any atom is -0.293 e. The predicted octanol–water partition coefficient (Wildman–Crippen LogP) is 1.22. The second-order valence-corrected chi connectivity index (χ2v) is 4.79. The van der Waals surface area contributed by atoms with Crippen LogP contribution in [0.15, 0.2) is 21.7 Å². The van der Waals surface area contributed by atoms with Crippen LogP contribution in [0.1, 0.15) is 6.92 Å². The molecule has 1 aromatic heterocycles. The molecule has 0 spiro atoms. The van der Waals surface area contributed by atoms with E-state index in [9.17, 15) is 4.79 Å². The third-order valence-corrected chi connectivity index (χ3v) is 3.47. The highest BCUT2D eigenvalue weighted by Gasteiger charge is 2.12. The van der Waals surface area contributed by atoms with Crippen LogP contribution in [0.2, 0.25) is 0 Å². The summed E-state index contributed by atoms with van der Waals surface area (Å²) in [5.74, 6) is 4.85. The molecule has 0 saturated heterocycles. The molecule has 1 unspecified atom stereocenters. The highest BCUT2D eigenvalue weighted by molar-refractivity contribution is 8.02. The largest absolute Gasteiger partial charge is 0.293 e. The van der Waals surface area contributed by atoms with Gasteiger partial charge in [0.05, 0.1) is 9.46 Å². The molecule has 0 saturated carbocycles. The van der Waals surface area contributed by atoms with Crippen LogP contribution in [0.5, 0.6) is 0 Å². The van der Waals surface area contributed by atoms with Gasteiger partial charge in [-0.1, -0.05) is 6.07 Å². The number of thioether (sulfide) groups is 1. The number of carbonyl (C=O) groups excluding carboxylic acids is 1. The summed E-state index contributed by atoms with van der Waals surface area (Å²) < 4.78 is 1.13. The van der Waals surface area contributed by atoms with Crippen LogP contribution >= 0.6 is 23.1 Å². The number of hydrogen-bond donors (Lipinski definition) is 2. The topological polar surface area (TPSA) is 55.1 Å². The average molecular weight is 202 g/mol. The summed E-state index contributed by atoms with van der Waals surface area (Å²) in [4.78, 5) is 11.0. The van der Waals surface area contributed by atoms with Crippen molar-refractivity contribution < 1.29 is 4.79 Å². The summed E-state index contributed by atoms with van der Waals surface area (Å²) in [5, 5.41) is 1.85. The Labute approximate surface area is 79.3 Å². The van der Waals surface area contributed by atoms with Crippen LogP contribution in [-0.2, 0) is 4.79 Å². The third-order valence-electron chi connectivity index (χ3n) is 1.30. The van der Waals surface area contributed by atoms with Crippen molar-refractivity contribution in [3.63, 3.8) is 0 Å². The van der Waals surface area contributed by atoms with E-state index >= 15 is 0 Å². The molecule has 3 nitrogen and oxygen atoms in total. The van der Waals surface area contributed by atoms with Crippen LogP contribution in [-0.4, -0.2) is 11.2 Å². The number of nitrogens with one attached hydrogen (secondary N) is 1. The molecule has 12 heavy (non-hydrogen) atoms. The lowest BCUT2D eigenvalue weighted by Crippen LogP contribution is -2.36. The minimum absolute atomic E-state index is 0.131. The maximum Gasteiger partial charge on any atom is 0.247 e. The summed E-state index contributed by atoms with van der Waals surface area (Å²) in [7, 11) is 0. The van der Waals surface area contributed by atoms with Gasteiger partial charge in [-0.2, -0.15) is 0 Å². The van der Waals surface area contributed by atoms with Gasteiger partial charge in [0.2, 0.25) is 5.91 Å². The summed E-state index contributed by atoms with van der Waals surface area (Å²) in [6.45, 7) is 1.83. The van der Waals surface area contributed by atoms with Gasteiger partial charge in [0.25, 0.3) is 0 Å².